The molecule has 0 unspecified atom stereocenters. The van der Waals surface area contributed by atoms with Crippen molar-refractivity contribution in [2.45, 2.75) is 6.92 Å². The lowest BCUT2D eigenvalue weighted by molar-refractivity contribution is 0.561. The predicted octanol–water partition coefficient (Wildman–Crippen LogP) is 2.64. The van der Waals surface area contributed by atoms with Gasteiger partial charge in [0.05, 0.1) is 6.20 Å². The molecule has 84 valence electrons. The molecule has 2 aromatic heterocycles. The number of hydrogen-bond donors (Lipinski definition) is 0. The summed E-state index contributed by atoms with van der Waals surface area (Å²) < 4.78 is 5.39. The monoisotopic (exact) mass is 246 g/mol. The zero-order chi connectivity index (χ0) is 11.8. The van der Waals surface area contributed by atoms with Gasteiger partial charge >= 0.3 is 0 Å². The van der Waals surface area contributed by atoms with E-state index in [1.54, 1.807) is 6.92 Å². The Morgan fingerprint density at radius 1 is 1.24 bits per heavy atom. The highest BCUT2D eigenvalue weighted by atomic mass is 35.5. The van der Waals surface area contributed by atoms with Crippen molar-refractivity contribution >= 4 is 22.7 Å². The van der Waals surface area contributed by atoms with Crippen LogP contribution in [0.4, 0.5) is 0 Å². The van der Waals surface area contributed by atoms with Gasteiger partial charge in [0.2, 0.25) is 0 Å². The number of rotatable bonds is 1. The van der Waals surface area contributed by atoms with Crippen LogP contribution < -0.4 is 0 Å². The number of nitrogens with zero attached hydrogens (tertiary/aromatic N) is 4. The second kappa shape index (κ2) is 3.78. The lowest BCUT2D eigenvalue weighted by atomic mass is 10.2. The zero-order valence-electron chi connectivity index (χ0n) is 8.88. The van der Waals surface area contributed by atoms with E-state index in [1.807, 2.05) is 18.2 Å². The average Bonchev–Trinajstić information content (AvgIpc) is 2.68. The molecule has 0 bridgehead atoms. The fraction of sp³-hybridized carbons (Fsp3) is 0.0909. The van der Waals surface area contributed by atoms with Crippen LogP contribution in [0.3, 0.4) is 0 Å². The second-order valence-corrected chi connectivity index (χ2v) is 3.91. The number of aromatic nitrogens is 4. The highest BCUT2D eigenvalue weighted by Crippen LogP contribution is 2.22. The topological polar surface area (TPSA) is 64.7 Å². The van der Waals surface area contributed by atoms with E-state index in [1.165, 1.54) is 6.20 Å². The van der Waals surface area contributed by atoms with E-state index in [0.29, 0.717) is 16.9 Å². The van der Waals surface area contributed by atoms with E-state index in [9.17, 15) is 0 Å². The van der Waals surface area contributed by atoms with E-state index >= 15 is 0 Å². The fourth-order valence-electron chi connectivity index (χ4n) is 1.59. The highest BCUT2D eigenvalue weighted by molar-refractivity contribution is 6.29. The Labute approximate surface area is 101 Å². The molecule has 0 saturated heterocycles. The summed E-state index contributed by atoms with van der Waals surface area (Å²) in [6, 6.07) is 5.52. The van der Waals surface area contributed by atoms with Crippen molar-refractivity contribution in [1.82, 2.24) is 20.2 Å². The number of hydrogen-bond acceptors (Lipinski definition) is 5. The van der Waals surface area contributed by atoms with Gasteiger partial charge in [0.25, 0.3) is 0 Å². The summed E-state index contributed by atoms with van der Waals surface area (Å²) in [5.74, 6) is 1.10. The molecule has 5 nitrogen and oxygen atoms in total. The molecule has 0 amide bonds. The van der Waals surface area contributed by atoms with Gasteiger partial charge in [-0.25, -0.2) is 9.97 Å². The minimum absolute atomic E-state index is 0.312. The highest BCUT2D eigenvalue weighted by Gasteiger charge is 2.07. The van der Waals surface area contributed by atoms with Gasteiger partial charge in [-0.2, -0.15) is 5.10 Å². The maximum atomic E-state index is 5.77. The van der Waals surface area contributed by atoms with Crippen LogP contribution in [-0.4, -0.2) is 20.2 Å². The first-order valence-electron chi connectivity index (χ1n) is 4.95. The van der Waals surface area contributed by atoms with E-state index in [2.05, 4.69) is 20.2 Å². The molecular formula is C11H7ClN4O. The summed E-state index contributed by atoms with van der Waals surface area (Å²) >= 11 is 5.77. The molecular weight excluding hydrogens is 240 g/mol. The summed E-state index contributed by atoms with van der Waals surface area (Å²) in [5.41, 5.74) is 2.31. The predicted molar refractivity (Wildman–Crippen MR) is 62.6 cm³/mol. The summed E-state index contributed by atoms with van der Waals surface area (Å²) in [7, 11) is 0. The largest absolute Gasteiger partial charge is 0.441 e. The van der Waals surface area contributed by atoms with Crippen LogP contribution in [0.1, 0.15) is 5.89 Å². The van der Waals surface area contributed by atoms with Crippen LogP contribution in [0.2, 0.25) is 5.15 Å². The Balaban J connectivity index is 2.17. The summed E-state index contributed by atoms with van der Waals surface area (Å²) in [6.45, 7) is 1.80. The molecule has 17 heavy (non-hydrogen) atoms. The average molecular weight is 247 g/mol. The molecule has 1 aromatic carbocycles. The van der Waals surface area contributed by atoms with E-state index in [4.69, 9.17) is 16.0 Å². The molecule has 0 aliphatic rings. The van der Waals surface area contributed by atoms with Gasteiger partial charge in [-0.15, -0.1) is 5.10 Å². The Morgan fingerprint density at radius 3 is 2.94 bits per heavy atom. The first-order chi connectivity index (χ1) is 8.22. The van der Waals surface area contributed by atoms with Crippen molar-refractivity contribution in [1.29, 1.82) is 0 Å². The van der Waals surface area contributed by atoms with Gasteiger partial charge in [0, 0.05) is 12.5 Å². The van der Waals surface area contributed by atoms with Gasteiger partial charge in [-0.05, 0) is 18.2 Å². The fourth-order valence-corrected chi connectivity index (χ4v) is 1.71. The van der Waals surface area contributed by atoms with Crippen LogP contribution in [0.15, 0.2) is 28.8 Å². The Morgan fingerprint density at radius 2 is 2.12 bits per heavy atom. The van der Waals surface area contributed by atoms with Gasteiger partial charge in [-0.3, -0.25) is 0 Å². The third kappa shape index (κ3) is 1.85. The third-order valence-electron chi connectivity index (χ3n) is 2.28. The van der Waals surface area contributed by atoms with Gasteiger partial charge in [0.15, 0.2) is 22.5 Å². The molecule has 0 N–H and O–H groups in total. The van der Waals surface area contributed by atoms with Crippen LogP contribution in [0, 0.1) is 6.92 Å². The number of benzene rings is 1. The lowest BCUT2D eigenvalue weighted by Gasteiger charge is -1.98. The minimum Gasteiger partial charge on any atom is -0.441 e. The molecule has 0 aliphatic heterocycles. The molecule has 3 aromatic rings. The van der Waals surface area contributed by atoms with Gasteiger partial charge in [0.1, 0.15) is 5.52 Å². The number of fused-ring (bicyclic) bond motifs is 1. The minimum atomic E-state index is 0.312. The quantitative estimate of drug-likeness (QED) is 0.660. The standard InChI is InChI=1S/C11H7ClN4O/c1-6-14-8-4-7(2-3-9(8)17-6)11-15-10(12)5-13-16-11/h2-5H,1H3. The maximum Gasteiger partial charge on any atom is 0.192 e. The first-order valence-corrected chi connectivity index (χ1v) is 5.33. The molecule has 2 heterocycles. The van der Waals surface area contributed by atoms with Crippen molar-refractivity contribution < 1.29 is 4.42 Å². The zero-order valence-corrected chi connectivity index (χ0v) is 9.64. The van der Waals surface area contributed by atoms with Crippen molar-refractivity contribution in [3.8, 4) is 11.4 Å². The molecule has 3 rings (SSSR count). The number of oxazole rings is 1. The SMILES string of the molecule is Cc1nc2cc(-c3nncc(Cl)n3)ccc2o1. The van der Waals surface area contributed by atoms with E-state index < -0.39 is 0 Å². The van der Waals surface area contributed by atoms with Crippen molar-refractivity contribution in [3.63, 3.8) is 0 Å². The van der Waals surface area contributed by atoms with Crippen LogP contribution >= 0.6 is 11.6 Å². The molecule has 0 atom stereocenters. The first kappa shape index (κ1) is 10.2. The van der Waals surface area contributed by atoms with E-state index in [-0.39, 0.29) is 0 Å². The molecule has 0 radical (unpaired) electrons. The Kier molecular flexibility index (Phi) is 2.26. The number of halogens is 1. The Bertz CT molecular complexity index is 695. The summed E-state index contributed by atoms with van der Waals surface area (Å²) in [6.07, 6.45) is 1.39. The molecule has 6 heteroatoms. The lowest BCUT2D eigenvalue weighted by Crippen LogP contribution is -1.91. The molecule has 0 saturated carbocycles. The third-order valence-corrected chi connectivity index (χ3v) is 2.46. The van der Waals surface area contributed by atoms with Crippen molar-refractivity contribution in [3.05, 3.63) is 35.4 Å². The van der Waals surface area contributed by atoms with Crippen molar-refractivity contribution in [2.24, 2.45) is 0 Å². The Hall–Kier alpha value is -2.01. The second-order valence-electron chi connectivity index (χ2n) is 3.52. The van der Waals surface area contributed by atoms with Gasteiger partial charge in [-0.1, -0.05) is 11.6 Å². The van der Waals surface area contributed by atoms with Crippen LogP contribution in [0.5, 0.6) is 0 Å². The smallest absolute Gasteiger partial charge is 0.192 e. The molecule has 0 spiro atoms. The summed E-state index contributed by atoms with van der Waals surface area (Å²) in [4.78, 5) is 8.34. The maximum absolute atomic E-state index is 5.77. The van der Waals surface area contributed by atoms with E-state index in [0.717, 1.165) is 16.7 Å². The number of aryl methyl sites for hydroxylation is 1. The normalized spacial score (nSPS) is 10.9. The molecule has 0 fully saturated rings. The molecule has 0 aliphatic carbocycles. The van der Waals surface area contributed by atoms with Crippen molar-refractivity contribution in [2.75, 3.05) is 0 Å². The van der Waals surface area contributed by atoms with Crippen LogP contribution in [-0.2, 0) is 0 Å². The van der Waals surface area contributed by atoms with Gasteiger partial charge < -0.3 is 4.42 Å². The van der Waals surface area contributed by atoms with Crippen LogP contribution in [0.25, 0.3) is 22.5 Å². The summed E-state index contributed by atoms with van der Waals surface area (Å²) in [5, 5.41) is 7.99.